The van der Waals surface area contributed by atoms with Gasteiger partial charge in [0.25, 0.3) is 11.5 Å². The van der Waals surface area contributed by atoms with E-state index < -0.39 is 0 Å². The van der Waals surface area contributed by atoms with Gasteiger partial charge < -0.3 is 34.8 Å². The van der Waals surface area contributed by atoms with Crippen LogP contribution in [0.4, 0.5) is 17.2 Å². The lowest BCUT2D eigenvalue weighted by Crippen LogP contribution is -2.56. The van der Waals surface area contributed by atoms with Gasteiger partial charge in [-0.25, -0.2) is 4.98 Å². The molecule has 3 aromatic heterocycles. The standard InChI is InChI=1S/C35H41N7O4S/c1-39-17-27(28(19-43)30(18-39)42-9-8-26-25-4-2-3-5-31(25)47-33(26)35(42)45)22-14-29(34(44)37-15-22)38-32-7-6-23(16-36-32)40-10-12-41(13-11-40)24-20-46-21-24/h6-7,14-16,18,24,43H,2-5,8-13,17,19-21H2,1H3,(H,36,38)(H,37,44). The van der Waals surface area contributed by atoms with Gasteiger partial charge in [-0.2, -0.15) is 0 Å². The van der Waals surface area contributed by atoms with Gasteiger partial charge >= 0.3 is 0 Å². The van der Waals surface area contributed by atoms with Crippen LogP contribution in [0.5, 0.6) is 0 Å². The minimum absolute atomic E-state index is 0.0192. The highest BCUT2D eigenvalue weighted by molar-refractivity contribution is 7.14. The zero-order valence-corrected chi connectivity index (χ0v) is 27.6. The summed E-state index contributed by atoms with van der Waals surface area (Å²) in [5.41, 5.74) is 6.88. The number of hydrogen-bond acceptors (Lipinski definition) is 10. The number of rotatable bonds is 7. The third kappa shape index (κ3) is 5.67. The molecule has 3 aromatic rings. The summed E-state index contributed by atoms with van der Waals surface area (Å²) in [6, 6.07) is 6.31. The van der Waals surface area contributed by atoms with Crippen molar-refractivity contribution >= 4 is 40.0 Å². The van der Waals surface area contributed by atoms with E-state index in [0.717, 1.165) is 86.1 Å². The van der Waals surface area contributed by atoms with Crippen LogP contribution in [0.1, 0.15) is 44.1 Å². The second-order valence-electron chi connectivity index (χ2n) is 13.1. The highest BCUT2D eigenvalue weighted by Crippen LogP contribution is 2.40. The van der Waals surface area contributed by atoms with Crippen molar-refractivity contribution in [2.45, 2.75) is 38.1 Å². The van der Waals surface area contributed by atoms with Gasteiger partial charge in [0.15, 0.2) is 0 Å². The summed E-state index contributed by atoms with van der Waals surface area (Å²) < 4.78 is 5.36. The zero-order chi connectivity index (χ0) is 32.1. The van der Waals surface area contributed by atoms with Crippen LogP contribution in [0, 0.1) is 0 Å². The summed E-state index contributed by atoms with van der Waals surface area (Å²) in [6.07, 6.45) is 10.8. The van der Waals surface area contributed by atoms with Crippen LogP contribution >= 0.6 is 11.3 Å². The second kappa shape index (κ2) is 12.6. The van der Waals surface area contributed by atoms with Gasteiger partial charge in [-0.05, 0) is 72.6 Å². The SMILES string of the molecule is CN1C=C(N2CCc3c(sc4c3CCCC4)C2=O)C(CO)=C(c2c[nH]c(=O)c(Nc3ccc(N4CCN(C5COC5)CC4)cn3)c2)C1. The van der Waals surface area contributed by atoms with Crippen LogP contribution in [-0.4, -0.2) is 108 Å². The number of H-pyrrole nitrogens is 1. The van der Waals surface area contributed by atoms with Crippen molar-refractivity contribution in [3.8, 4) is 0 Å². The van der Waals surface area contributed by atoms with Crippen LogP contribution < -0.4 is 15.8 Å². The molecule has 7 heterocycles. The number of fused-ring (bicyclic) bond motifs is 3. The van der Waals surface area contributed by atoms with Crippen LogP contribution in [0.25, 0.3) is 5.57 Å². The normalized spacial score (nSPS) is 20.6. The molecule has 2 fully saturated rings. The van der Waals surface area contributed by atoms with E-state index in [-0.39, 0.29) is 18.1 Å². The van der Waals surface area contributed by atoms with Crippen molar-refractivity contribution in [3.63, 3.8) is 0 Å². The Hall–Kier alpha value is -3.97. The van der Waals surface area contributed by atoms with E-state index in [1.807, 2.05) is 47.4 Å². The summed E-state index contributed by atoms with van der Waals surface area (Å²) in [7, 11) is 1.97. The summed E-state index contributed by atoms with van der Waals surface area (Å²) in [6.45, 7) is 6.47. The van der Waals surface area contributed by atoms with Crippen LogP contribution in [0.15, 0.2) is 52.9 Å². The molecule has 1 amide bonds. The Morgan fingerprint density at radius 2 is 1.89 bits per heavy atom. The quantitative estimate of drug-likeness (QED) is 0.353. The molecule has 12 heteroatoms. The molecule has 1 aliphatic carbocycles. The number of piperazine rings is 1. The Morgan fingerprint density at radius 1 is 1.06 bits per heavy atom. The Morgan fingerprint density at radius 3 is 2.64 bits per heavy atom. The summed E-state index contributed by atoms with van der Waals surface area (Å²) in [5, 5.41) is 13.9. The van der Waals surface area contributed by atoms with Crippen LogP contribution in [0.2, 0.25) is 0 Å². The molecule has 0 unspecified atom stereocenters. The number of aliphatic hydroxyl groups is 1. The number of nitrogens with one attached hydrogen (secondary N) is 2. The number of thiophene rings is 1. The summed E-state index contributed by atoms with van der Waals surface area (Å²) >= 11 is 1.66. The van der Waals surface area contributed by atoms with Crippen LogP contribution in [0.3, 0.4) is 0 Å². The molecule has 246 valence electrons. The molecule has 5 aliphatic rings. The monoisotopic (exact) mass is 655 g/mol. The largest absolute Gasteiger partial charge is 0.392 e. The maximum Gasteiger partial charge on any atom is 0.271 e. The van der Waals surface area contributed by atoms with Gasteiger partial charge in [-0.15, -0.1) is 11.3 Å². The number of nitrogens with zero attached hydrogens (tertiary/aromatic N) is 5. The summed E-state index contributed by atoms with van der Waals surface area (Å²) in [5.74, 6) is 0.596. The molecule has 0 atom stereocenters. The number of aryl methyl sites for hydroxylation is 1. The molecule has 8 rings (SSSR count). The van der Waals surface area contributed by atoms with E-state index in [0.29, 0.717) is 36.2 Å². The minimum atomic E-state index is -0.262. The highest BCUT2D eigenvalue weighted by atomic mass is 32.1. The first-order valence-electron chi connectivity index (χ1n) is 16.7. The average Bonchev–Trinajstić information content (AvgIpc) is 3.45. The molecule has 3 N–H and O–H groups in total. The molecule has 0 aromatic carbocycles. The summed E-state index contributed by atoms with van der Waals surface area (Å²) in [4.78, 5) is 45.3. The second-order valence-corrected chi connectivity index (χ2v) is 14.2. The molecular formula is C35H41N7O4S. The predicted octanol–water partition coefficient (Wildman–Crippen LogP) is 3.21. The number of amides is 1. The molecule has 0 radical (unpaired) electrons. The topological polar surface area (TPSA) is 117 Å². The van der Waals surface area contributed by atoms with Crippen molar-refractivity contribution in [1.82, 2.24) is 24.7 Å². The van der Waals surface area contributed by atoms with E-state index in [9.17, 15) is 14.7 Å². The number of aromatic nitrogens is 2. The lowest BCUT2D eigenvalue weighted by Gasteiger charge is -2.43. The number of anilines is 3. The van der Waals surface area contributed by atoms with Crippen molar-refractivity contribution in [3.05, 3.63) is 84.9 Å². The minimum Gasteiger partial charge on any atom is -0.392 e. The lowest BCUT2D eigenvalue weighted by atomic mass is 9.91. The number of hydrogen-bond donors (Lipinski definition) is 3. The first kappa shape index (κ1) is 30.4. The predicted molar refractivity (Wildman–Crippen MR) is 183 cm³/mol. The van der Waals surface area contributed by atoms with E-state index >= 15 is 0 Å². The van der Waals surface area contributed by atoms with Gasteiger partial charge in [0.2, 0.25) is 0 Å². The molecule has 4 aliphatic heterocycles. The van der Waals surface area contributed by atoms with Gasteiger partial charge in [0, 0.05) is 69.2 Å². The van der Waals surface area contributed by atoms with E-state index in [2.05, 4.69) is 25.1 Å². The Labute approximate surface area is 278 Å². The number of aromatic amines is 1. The van der Waals surface area contributed by atoms with E-state index in [1.165, 1.54) is 28.8 Å². The maximum absolute atomic E-state index is 13.9. The van der Waals surface area contributed by atoms with Crippen molar-refractivity contribution in [2.24, 2.45) is 0 Å². The molecule has 2 saturated heterocycles. The molecule has 0 bridgehead atoms. The number of aliphatic hydroxyl groups excluding tert-OH is 1. The highest BCUT2D eigenvalue weighted by Gasteiger charge is 2.35. The number of pyridine rings is 2. The molecule has 0 spiro atoms. The molecule has 47 heavy (non-hydrogen) atoms. The van der Waals surface area contributed by atoms with Gasteiger partial charge in [-0.3, -0.25) is 14.5 Å². The van der Waals surface area contributed by atoms with Crippen molar-refractivity contribution < 1.29 is 14.6 Å². The van der Waals surface area contributed by atoms with Gasteiger partial charge in [0.1, 0.15) is 11.5 Å². The first-order chi connectivity index (χ1) is 23.0. The molecule has 11 nitrogen and oxygen atoms in total. The fourth-order valence-electron chi connectivity index (χ4n) is 7.57. The number of carbonyl (C=O) groups is 1. The van der Waals surface area contributed by atoms with Crippen molar-refractivity contribution in [2.75, 3.05) is 76.4 Å². The van der Waals surface area contributed by atoms with Gasteiger partial charge in [-0.1, -0.05) is 0 Å². The smallest absolute Gasteiger partial charge is 0.271 e. The Balaban J connectivity index is 1.02. The molecule has 0 saturated carbocycles. The third-order valence-electron chi connectivity index (χ3n) is 10.3. The van der Waals surface area contributed by atoms with Crippen molar-refractivity contribution in [1.29, 1.82) is 0 Å². The number of carbonyl (C=O) groups excluding carboxylic acids is 1. The Bertz CT molecular complexity index is 1800. The van der Waals surface area contributed by atoms with E-state index in [1.54, 1.807) is 17.5 Å². The maximum atomic E-state index is 13.9. The number of likely N-dealkylation sites (N-methyl/N-ethyl adjacent to an activating group) is 1. The molecular weight excluding hydrogens is 614 g/mol. The van der Waals surface area contributed by atoms with Crippen LogP contribution in [-0.2, 0) is 24.0 Å². The van der Waals surface area contributed by atoms with Gasteiger partial charge in [0.05, 0.1) is 48.3 Å². The number of ether oxygens (including phenoxy) is 1. The van der Waals surface area contributed by atoms with E-state index in [4.69, 9.17) is 4.74 Å². The third-order valence-corrected chi connectivity index (χ3v) is 11.6. The fraction of sp³-hybridized carbons (Fsp3) is 0.457. The lowest BCUT2D eigenvalue weighted by molar-refractivity contribution is -0.0660. The first-order valence-corrected chi connectivity index (χ1v) is 17.5. The Kier molecular flexibility index (Phi) is 8.12. The average molecular weight is 656 g/mol. The zero-order valence-electron chi connectivity index (χ0n) is 26.8. The fourth-order valence-corrected chi connectivity index (χ4v) is 8.95.